The van der Waals surface area contributed by atoms with Crippen LogP contribution in [0.25, 0.3) is 0 Å². The number of hydrogen-bond donors (Lipinski definition) is 2. The number of nitrogens with one attached hydrogen (secondary N) is 1. The lowest BCUT2D eigenvalue weighted by molar-refractivity contribution is -0.140. The molecule has 1 aliphatic heterocycles. The lowest BCUT2D eigenvalue weighted by atomic mass is 9.74. The fourth-order valence-electron chi connectivity index (χ4n) is 4.09. The summed E-state index contributed by atoms with van der Waals surface area (Å²) in [5, 5.41) is 0. The van der Waals surface area contributed by atoms with Crippen LogP contribution in [0.15, 0.2) is 35.2 Å². The highest BCUT2D eigenvalue weighted by Gasteiger charge is 2.40. The molecule has 1 aromatic rings. The lowest BCUT2D eigenvalue weighted by Crippen LogP contribution is -2.56. The molecule has 2 fully saturated rings. The van der Waals surface area contributed by atoms with E-state index in [1.807, 2.05) is 11.8 Å². The van der Waals surface area contributed by atoms with Crippen molar-refractivity contribution in [1.29, 1.82) is 0 Å². The van der Waals surface area contributed by atoms with Crippen molar-refractivity contribution in [3.05, 3.63) is 30.3 Å². The summed E-state index contributed by atoms with van der Waals surface area (Å²) in [7, 11) is -3.51. The largest absolute Gasteiger partial charge is 0.342 e. The molecule has 3 rings (SSSR count). The molecule has 1 amide bonds. The van der Waals surface area contributed by atoms with Crippen LogP contribution in [0, 0.1) is 5.92 Å². The average molecular weight is 416 g/mol. The molecule has 1 heterocycles. The highest BCUT2D eigenvalue weighted by atomic mass is 35.5. The first-order chi connectivity index (χ1) is 12.3. The van der Waals surface area contributed by atoms with Crippen molar-refractivity contribution < 1.29 is 13.2 Å². The number of halogens is 1. The topological polar surface area (TPSA) is 92.5 Å². The molecule has 0 spiro atoms. The molecular weight excluding hydrogens is 386 g/mol. The Bertz CT molecular complexity index is 732. The summed E-state index contributed by atoms with van der Waals surface area (Å²) < 4.78 is 27.7. The Morgan fingerprint density at radius 1 is 1.15 bits per heavy atom. The van der Waals surface area contributed by atoms with Crippen LogP contribution < -0.4 is 10.5 Å². The Hall–Kier alpha value is -1.15. The van der Waals surface area contributed by atoms with Gasteiger partial charge in [-0.1, -0.05) is 31.0 Å². The minimum atomic E-state index is -3.51. The Morgan fingerprint density at radius 2 is 1.78 bits per heavy atom. The van der Waals surface area contributed by atoms with Crippen molar-refractivity contribution >= 4 is 28.3 Å². The quantitative estimate of drug-likeness (QED) is 0.788. The number of benzene rings is 1. The zero-order chi connectivity index (χ0) is 18.8. The first-order valence-corrected chi connectivity index (χ1v) is 10.9. The number of likely N-dealkylation sites (tertiary alicyclic amines) is 1. The van der Waals surface area contributed by atoms with Crippen molar-refractivity contribution in [3.63, 3.8) is 0 Å². The van der Waals surface area contributed by atoms with Crippen LogP contribution in [0.3, 0.4) is 0 Å². The van der Waals surface area contributed by atoms with Crippen LogP contribution in [0.1, 0.15) is 45.4 Å². The molecule has 0 aromatic heterocycles. The third-order valence-electron chi connectivity index (χ3n) is 5.73. The molecule has 0 radical (unpaired) electrons. The second-order valence-corrected chi connectivity index (χ2v) is 9.55. The first-order valence-electron chi connectivity index (χ1n) is 9.45. The van der Waals surface area contributed by atoms with Crippen LogP contribution >= 0.6 is 12.4 Å². The zero-order valence-corrected chi connectivity index (χ0v) is 17.4. The minimum absolute atomic E-state index is 0. The fourth-order valence-corrected chi connectivity index (χ4v) is 5.42. The van der Waals surface area contributed by atoms with Crippen molar-refractivity contribution in [3.8, 4) is 0 Å². The molecule has 2 atom stereocenters. The number of piperidine rings is 1. The maximum Gasteiger partial charge on any atom is 0.240 e. The minimum Gasteiger partial charge on any atom is -0.342 e. The summed E-state index contributed by atoms with van der Waals surface area (Å²) in [5.41, 5.74) is 5.94. The van der Waals surface area contributed by atoms with Gasteiger partial charge in [0.1, 0.15) is 0 Å². The smallest absolute Gasteiger partial charge is 0.240 e. The molecular formula is C19H30ClN3O3S. The van der Waals surface area contributed by atoms with Gasteiger partial charge in [-0.2, -0.15) is 0 Å². The number of hydrogen-bond acceptors (Lipinski definition) is 4. The van der Waals surface area contributed by atoms with Crippen LogP contribution in [0.4, 0.5) is 0 Å². The van der Waals surface area contributed by atoms with Crippen LogP contribution in [-0.2, 0) is 14.8 Å². The maximum absolute atomic E-state index is 12.9. The Balaban J connectivity index is 0.00000261. The van der Waals surface area contributed by atoms with Gasteiger partial charge in [0.25, 0.3) is 0 Å². The average Bonchev–Trinajstić information content (AvgIpc) is 2.62. The third-order valence-corrected chi connectivity index (χ3v) is 7.27. The Morgan fingerprint density at radius 3 is 2.37 bits per heavy atom. The number of carbonyl (C=O) groups excluding carboxylic acids is 1. The van der Waals surface area contributed by atoms with E-state index >= 15 is 0 Å². The zero-order valence-electron chi connectivity index (χ0n) is 15.8. The Kier molecular flexibility index (Phi) is 7.30. The van der Waals surface area contributed by atoms with E-state index in [0.29, 0.717) is 25.9 Å². The number of rotatable bonds is 4. The predicted molar refractivity (Wildman–Crippen MR) is 108 cm³/mol. The second kappa shape index (κ2) is 8.90. The SMILES string of the molecule is CC1(N)CCCCC1C(=O)N1CCC(NS(=O)(=O)c2ccccc2)CC1.Cl. The number of sulfonamides is 1. The highest BCUT2D eigenvalue weighted by Crippen LogP contribution is 2.33. The summed E-state index contributed by atoms with van der Waals surface area (Å²) in [6.07, 6.45) is 5.14. The molecule has 2 aliphatic rings. The van der Waals surface area contributed by atoms with E-state index in [4.69, 9.17) is 5.73 Å². The number of amides is 1. The molecule has 152 valence electrons. The normalized spacial score (nSPS) is 27.0. The van der Waals surface area contributed by atoms with Gasteiger partial charge in [-0.15, -0.1) is 12.4 Å². The summed E-state index contributed by atoms with van der Waals surface area (Å²) in [5.74, 6) is 0.0212. The van der Waals surface area contributed by atoms with Crippen molar-refractivity contribution in [1.82, 2.24) is 9.62 Å². The summed E-state index contributed by atoms with van der Waals surface area (Å²) in [6.45, 7) is 3.14. The van der Waals surface area contributed by atoms with E-state index in [-0.39, 0.29) is 35.2 Å². The molecule has 1 aliphatic carbocycles. The van der Waals surface area contributed by atoms with Gasteiger partial charge in [-0.05, 0) is 44.7 Å². The van der Waals surface area contributed by atoms with Gasteiger partial charge < -0.3 is 10.6 Å². The van der Waals surface area contributed by atoms with Crippen molar-refractivity contribution in [2.24, 2.45) is 11.7 Å². The van der Waals surface area contributed by atoms with Gasteiger partial charge in [0, 0.05) is 24.7 Å². The molecule has 0 bridgehead atoms. The molecule has 1 saturated carbocycles. The monoisotopic (exact) mass is 415 g/mol. The van der Waals surface area contributed by atoms with E-state index in [1.54, 1.807) is 30.3 Å². The second-order valence-electron chi connectivity index (χ2n) is 7.84. The predicted octanol–water partition coefficient (Wildman–Crippen LogP) is 2.29. The van der Waals surface area contributed by atoms with Crippen molar-refractivity contribution in [2.45, 2.75) is 61.9 Å². The van der Waals surface area contributed by atoms with E-state index in [1.165, 1.54) is 0 Å². The molecule has 8 heteroatoms. The molecule has 2 unspecified atom stereocenters. The molecule has 27 heavy (non-hydrogen) atoms. The number of carbonyl (C=O) groups is 1. The molecule has 3 N–H and O–H groups in total. The third kappa shape index (κ3) is 5.22. The van der Waals surface area contributed by atoms with E-state index in [2.05, 4.69) is 4.72 Å². The molecule has 1 aromatic carbocycles. The van der Waals surface area contributed by atoms with E-state index in [9.17, 15) is 13.2 Å². The number of nitrogens with zero attached hydrogens (tertiary/aromatic N) is 1. The first kappa shape index (κ1) is 22.1. The van der Waals surface area contributed by atoms with E-state index in [0.717, 1.165) is 25.7 Å². The van der Waals surface area contributed by atoms with Crippen LogP contribution in [0.2, 0.25) is 0 Å². The van der Waals surface area contributed by atoms with Gasteiger partial charge in [0.2, 0.25) is 15.9 Å². The molecule has 1 saturated heterocycles. The maximum atomic E-state index is 12.9. The van der Waals surface area contributed by atoms with Crippen LogP contribution in [0.5, 0.6) is 0 Å². The van der Waals surface area contributed by atoms with Crippen molar-refractivity contribution in [2.75, 3.05) is 13.1 Å². The van der Waals surface area contributed by atoms with E-state index < -0.39 is 15.6 Å². The number of nitrogens with two attached hydrogens (primary N) is 1. The molecule has 6 nitrogen and oxygen atoms in total. The van der Waals surface area contributed by atoms with Gasteiger partial charge >= 0.3 is 0 Å². The highest BCUT2D eigenvalue weighted by molar-refractivity contribution is 7.89. The standard InChI is InChI=1S/C19H29N3O3S.ClH/c1-19(20)12-6-5-9-17(19)18(23)22-13-10-15(11-14-22)21-26(24,25)16-7-3-2-4-8-16;/h2-4,7-8,15,17,21H,5-6,9-14,20H2,1H3;1H. The van der Waals surface area contributed by atoms with Crippen LogP contribution in [-0.4, -0.2) is 43.9 Å². The fraction of sp³-hybridized carbons (Fsp3) is 0.632. The van der Waals surface area contributed by atoms with Gasteiger partial charge in [-0.3, -0.25) is 4.79 Å². The summed E-state index contributed by atoms with van der Waals surface area (Å²) >= 11 is 0. The van der Waals surface area contributed by atoms with Gasteiger partial charge in [0.15, 0.2) is 0 Å². The van der Waals surface area contributed by atoms with Gasteiger partial charge in [0.05, 0.1) is 10.8 Å². The summed E-state index contributed by atoms with van der Waals surface area (Å²) in [4.78, 5) is 15.0. The lowest BCUT2D eigenvalue weighted by Gasteiger charge is -2.41. The Labute approximate surface area is 168 Å². The van der Waals surface area contributed by atoms with Gasteiger partial charge in [-0.25, -0.2) is 13.1 Å². The summed E-state index contributed by atoms with van der Waals surface area (Å²) in [6, 6.07) is 8.26.